The Balaban J connectivity index is 2.37. The molecular formula is C10H18N4O. The average Bonchev–Trinajstić information content (AvgIpc) is 2.65. The molecule has 1 aromatic heterocycles. The van der Waals surface area contributed by atoms with Gasteiger partial charge in [-0.3, -0.25) is 10.4 Å². The molecule has 84 valence electrons. The molecule has 2 amide bonds. The standard InChI is InChI=1S/C10H18N4O/c1-3-5-6-11-10(15)13-9-8(4-2)7-12-14-9/h7H,3-6H2,1-2H3,(H3,11,12,13,14,15). The topological polar surface area (TPSA) is 69.8 Å². The summed E-state index contributed by atoms with van der Waals surface area (Å²) in [4.78, 5) is 11.4. The molecule has 1 heterocycles. The van der Waals surface area contributed by atoms with Crippen molar-refractivity contribution in [2.45, 2.75) is 33.1 Å². The molecule has 0 aliphatic rings. The molecule has 1 aromatic rings. The van der Waals surface area contributed by atoms with E-state index in [4.69, 9.17) is 0 Å². The first-order valence-corrected chi connectivity index (χ1v) is 5.35. The Morgan fingerprint density at radius 1 is 1.53 bits per heavy atom. The van der Waals surface area contributed by atoms with Crippen molar-refractivity contribution in [3.05, 3.63) is 11.8 Å². The van der Waals surface area contributed by atoms with Gasteiger partial charge in [0.25, 0.3) is 0 Å². The van der Waals surface area contributed by atoms with Gasteiger partial charge in [0.15, 0.2) is 0 Å². The Bertz CT molecular complexity index is 308. The van der Waals surface area contributed by atoms with Crippen LogP contribution in [-0.4, -0.2) is 22.8 Å². The van der Waals surface area contributed by atoms with E-state index < -0.39 is 0 Å². The lowest BCUT2D eigenvalue weighted by Crippen LogP contribution is -2.29. The van der Waals surface area contributed by atoms with Gasteiger partial charge in [-0.05, 0) is 12.8 Å². The van der Waals surface area contributed by atoms with Gasteiger partial charge in [0.2, 0.25) is 0 Å². The average molecular weight is 210 g/mol. The Kier molecular flexibility index (Phi) is 4.66. The summed E-state index contributed by atoms with van der Waals surface area (Å²) in [5, 5.41) is 12.1. The normalized spacial score (nSPS) is 10.0. The minimum atomic E-state index is -0.178. The maximum atomic E-state index is 11.4. The molecule has 15 heavy (non-hydrogen) atoms. The van der Waals surface area contributed by atoms with E-state index in [0.717, 1.165) is 24.8 Å². The molecule has 0 radical (unpaired) electrons. The number of hydrogen-bond donors (Lipinski definition) is 3. The first-order valence-electron chi connectivity index (χ1n) is 5.35. The fourth-order valence-electron chi connectivity index (χ4n) is 1.22. The molecule has 0 aliphatic heterocycles. The number of carbonyl (C=O) groups is 1. The molecule has 5 nitrogen and oxygen atoms in total. The molecule has 0 saturated heterocycles. The van der Waals surface area contributed by atoms with E-state index in [1.807, 2.05) is 6.92 Å². The summed E-state index contributed by atoms with van der Waals surface area (Å²) in [6.45, 7) is 4.81. The highest BCUT2D eigenvalue weighted by Gasteiger charge is 2.06. The van der Waals surface area contributed by atoms with E-state index in [9.17, 15) is 4.79 Å². The Labute approximate surface area is 89.6 Å². The van der Waals surface area contributed by atoms with Crippen LogP contribution in [0.15, 0.2) is 6.20 Å². The van der Waals surface area contributed by atoms with Gasteiger partial charge in [-0.1, -0.05) is 20.3 Å². The largest absolute Gasteiger partial charge is 0.338 e. The molecule has 0 saturated carbocycles. The van der Waals surface area contributed by atoms with Crippen LogP contribution in [0.3, 0.4) is 0 Å². The number of H-pyrrole nitrogens is 1. The van der Waals surface area contributed by atoms with Crippen LogP contribution in [0.1, 0.15) is 32.3 Å². The predicted molar refractivity (Wildman–Crippen MR) is 59.9 cm³/mol. The van der Waals surface area contributed by atoms with Crippen molar-refractivity contribution >= 4 is 11.8 Å². The fraction of sp³-hybridized carbons (Fsp3) is 0.600. The summed E-state index contributed by atoms with van der Waals surface area (Å²) in [7, 11) is 0. The summed E-state index contributed by atoms with van der Waals surface area (Å²) >= 11 is 0. The molecular weight excluding hydrogens is 192 g/mol. The number of unbranched alkanes of at least 4 members (excludes halogenated alkanes) is 1. The van der Waals surface area contributed by atoms with Crippen molar-refractivity contribution in [2.75, 3.05) is 11.9 Å². The van der Waals surface area contributed by atoms with E-state index in [-0.39, 0.29) is 6.03 Å². The zero-order chi connectivity index (χ0) is 11.1. The van der Waals surface area contributed by atoms with Gasteiger partial charge in [0.05, 0.1) is 6.20 Å². The number of aromatic amines is 1. The number of urea groups is 1. The van der Waals surface area contributed by atoms with Gasteiger partial charge in [-0.25, -0.2) is 4.79 Å². The van der Waals surface area contributed by atoms with Crippen LogP contribution in [0.2, 0.25) is 0 Å². The Morgan fingerprint density at radius 2 is 2.33 bits per heavy atom. The fourth-order valence-corrected chi connectivity index (χ4v) is 1.22. The minimum Gasteiger partial charge on any atom is -0.338 e. The number of rotatable bonds is 5. The van der Waals surface area contributed by atoms with Crippen molar-refractivity contribution in [3.8, 4) is 0 Å². The van der Waals surface area contributed by atoms with Crippen LogP contribution in [0.4, 0.5) is 10.6 Å². The third-order valence-corrected chi connectivity index (χ3v) is 2.15. The number of anilines is 1. The van der Waals surface area contributed by atoms with Gasteiger partial charge in [0.1, 0.15) is 5.82 Å². The number of amides is 2. The Morgan fingerprint density at radius 3 is 3.00 bits per heavy atom. The van der Waals surface area contributed by atoms with Crippen molar-refractivity contribution < 1.29 is 4.79 Å². The molecule has 5 heteroatoms. The van der Waals surface area contributed by atoms with Crippen molar-refractivity contribution in [3.63, 3.8) is 0 Å². The zero-order valence-corrected chi connectivity index (χ0v) is 9.26. The number of hydrogen-bond acceptors (Lipinski definition) is 2. The smallest absolute Gasteiger partial charge is 0.320 e. The Hall–Kier alpha value is -1.52. The first-order chi connectivity index (χ1) is 7.27. The highest BCUT2D eigenvalue weighted by Crippen LogP contribution is 2.10. The van der Waals surface area contributed by atoms with Crippen molar-refractivity contribution in [2.24, 2.45) is 0 Å². The van der Waals surface area contributed by atoms with Gasteiger partial charge in [-0.2, -0.15) is 5.10 Å². The lowest BCUT2D eigenvalue weighted by atomic mass is 10.2. The molecule has 0 atom stereocenters. The number of nitrogens with zero attached hydrogens (tertiary/aromatic N) is 1. The molecule has 0 fully saturated rings. The summed E-state index contributed by atoms with van der Waals surface area (Å²) in [6.07, 6.45) is 4.64. The number of nitrogens with one attached hydrogen (secondary N) is 3. The first kappa shape index (κ1) is 11.6. The number of aryl methyl sites for hydroxylation is 1. The summed E-state index contributed by atoms with van der Waals surface area (Å²) < 4.78 is 0. The van der Waals surface area contributed by atoms with Gasteiger partial charge >= 0.3 is 6.03 Å². The van der Waals surface area contributed by atoms with Gasteiger partial charge in [0, 0.05) is 12.1 Å². The monoisotopic (exact) mass is 210 g/mol. The third kappa shape index (κ3) is 3.61. The molecule has 0 spiro atoms. The maximum absolute atomic E-state index is 11.4. The van der Waals surface area contributed by atoms with Crippen molar-refractivity contribution in [1.29, 1.82) is 0 Å². The summed E-state index contributed by atoms with van der Waals surface area (Å²) in [5.41, 5.74) is 1.01. The lowest BCUT2D eigenvalue weighted by molar-refractivity contribution is 0.252. The quantitative estimate of drug-likeness (QED) is 0.649. The number of carbonyl (C=O) groups excluding carboxylic acids is 1. The van der Waals surface area contributed by atoms with Crippen LogP contribution in [0.5, 0.6) is 0 Å². The van der Waals surface area contributed by atoms with Crippen LogP contribution in [0, 0.1) is 0 Å². The minimum absolute atomic E-state index is 0.178. The second-order valence-electron chi connectivity index (χ2n) is 3.36. The predicted octanol–water partition coefficient (Wildman–Crippen LogP) is 1.89. The summed E-state index contributed by atoms with van der Waals surface area (Å²) in [6, 6.07) is -0.178. The van der Waals surface area contributed by atoms with E-state index in [0.29, 0.717) is 12.4 Å². The van der Waals surface area contributed by atoms with E-state index in [1.165, 1.54) is 0 Å². The lowest BCUT2D eigenvalue weighted by Gasteiger charge is -2.06. The van der Waals surface area contributed by atoms with Crippen LogP contribution in [-0.2, 0) is 6.42 Å². The highest BCUT2D eigenvalue weighted by atomic mass is 16.2. The maximum Gasteiger partial charge on any atom is 0.320 e. The molecule has 0 unspecified atom stereocenters. The van der Waals surface area contributed by atoms with E-state index in [1.54, 1.807) is 6.20 Å². The van der Waals surface area contributed by atoms with Crippen LogP contribution < -0.4 is 10.6 Å². The molecule has 0 aliphatic carbocycles. The second-order valence-corrected chi connectivity index (χ2v) is 3.36. The highest BCUT2D eigenvalue weighted by molar-refractivity contribution is 5.88. The van der Waals surface area contributed by atoms with Crippen LogP contribution in [0.25, 0.3) is 0 Å². The molecule has 1 rings (SSSR count). The van der Waals surface area contributed by atoms with Crippen molar-refractivity contribution in [1.82, 2.24) is 15.5 Å². The van der Waals surface area contributed by atoms with Gasteiger partial charge < -0.3 is 5.32 Å². The number of aromatic nitrogens is 2. The molecule has 3 N–H and O–H groups in total. The summed E-state index contributed by atoms with van der Waals surface area (Å²) in [5.74, 6) is 0.687. The SMILES string of the molecule is CCCCNC(=O)Nc1[nH]ncc1CC. The van der Waals surface area contributed by atoms with Crippen LogP contribution >= 0.6 is 0 Å². The van der Waals surface area contributed by atoms with Gasteiger partial charge in [-0.15, -0.1) is 0 Å². The second kappa shape index (κ2) is 6.06. The van der Waals surface area contributed by atoms with E-state index >= 15 is 0 Å². The molecule has 0 aromatic carbocycles. The zero-order valence-electron chi connectivity index (χ0n) is 9.26. The van der Waals surface area contributed by atoms with E-state index in [2.05, 4.69) is 27.8 Å². The third-order valence-electron chi connectivity index (χ3n) is 2.15. The molecule has 0 bridgehead atoms.